The summed E-state index contributed by atoms with van der Waals surface area (Å²) in [6, 6.07) is 14.0. The SMILES string of the molecule is CC(C(=O)NCCc1cccs1)N1CCN(CCOc2ccccc2)CC1. The molecule has 0 aliphatic carbocycles. The molecule has 1 atom stereocenters. The molecule has 0 spiro atoms. The Morgan fingerprint density at radius 3 is 2.63 bits per heavy atom. The van der Waals surface area contributed by atoms with Crippen LogP contribution in [0.2, 0.25) is 0 Å². The van der Waals surface area contributed by atoms with Crippen LogP contribution in [0.4, 0.5) is 0 Å². The lowest BCUT2D eigenvalue weighted by Crippen LogP contribution is -2.54. The molecule has 1 fully saturated rings. The maximum absolute atomic E-state index is 12.4. The van der Waals surface area contributed by atoms with Gasteiger partial charge in [-0.25, -0.2) is 0 Å². The van der Waals surface area contributed by atoms with Gasteiger partial charge in [0.25, 0.3) is 0 Å². The van der Waals surface area contributed by atoms with Gasteiger partial charge in [0.2, 0.25) is 5.91 Å². The van der Waals surface area contributed by atoms with Crippen molar-refractivity contribution in [3.63, 3.8) is 0 Å². The highest BCUT2D eigenvalue weighted by Crippen LogP contribution is 2.10. The average molecular weight is 388 g/mol. The molecule has 1 aromatic carbocycles. The summed E-state index contributed by atoms with van der Waals surface area (Å²) in [5, 5.41) is 5.15. The molecule has 146 valence electrons. The van der Waals surface area contributed by atoms with E-state index >= 15 is 0 Å². The second-order valence-electron chi connectivity index (χ2n) is 6.84. The molecule has 5 nitrogen and oxygen atoms in total. The highest BCUT2D eigenvalue weighted by molar-refractivity contribution is 7.09. The van der Waals surface area contributed by atoms with E-state index in [0.29, 0.717) is 13.2 Å². The number of thiophene rings is 1. The number of carbonyl (C=O) groups is 1. The number of nitrogens with one attached hydrogen (secondary N) is 1. The Morgan fingerprint density at radius 1 is 1.15 bits per heavy atom. The van der Waals surface area contributed by atoms with E-state index in [9.17, 15) is 4.79 Å². The van der Waals surface area contributed by atoms with Crippen LogP contribution in [0.15, 0.2) is 47.8 Å². The smallest absolute Gasteiger partial charge is 0.237 e. The van der Waals surface area contributed by atoms with E-state index in [-0.39, 0.29) is 11.9 Å². The summed E-state index contributed by atoms with van der Waals surface area (Å²) in [6.45, 7) is 8.13. The van der Waals surface area contributed by atoms with E-state index in [0.717, 1.165) is 44.9 Å². The Balaban J connectivity index is 1.31. The maximum Gasteiger partial charge on any atom is 0.237 e. The van der Waals surface area contributed by atoms with Gasteiger partial charge in [-0.1, -0.05) is 24.3 Å². The van der Waals surface area contributed by atoms with Crippen molar-refractivity contribution in [2.75, 3.05) is 45.9 Å². The molecule has 0 radical (unpaired) electrons. The van der Waals surface area contributed by atoms with Crippen LogP contribution in [-0.2, 0) is 11.2 Å². The molecule has 1 aromatic heterocycles. The van der Waals surface area contributed by atoms with Crippen LogP contribution in [0.5, 0.6) is 5.75 Å². The third-order valence-electron chi connectivity index (χ3n) is 5.00. The summed E-state index contributed by atoms with van der Waals surface area (Å²) in [7, 11) is 0. The van der Waals surface area contributed by atoms with Gasteiger partial charge in [0, 0.05) is 44.1 Å². The van der Waals surface area contributed by atoms with Gasteiger partial charge in [-0.3, -0.25) is 14.6 Å². The van der Waals surface area contributed by atoms with E-state index in [2.05, 4.69) is 32.6 Å². The van der Waals surface area contributed by atoms with Gasteiger partial charge in [0.05, 0.1) is 6.04 Å². The fourth-order valence-electron chi connectivity index (χ4n) is 3.26. The molecule has 0 bridgehead atoms. The summed E-state index contributed by atoms with van der Waals surface area (Å²) in [5.41, 5.74) is 0. The van der Waals surface area contributed by atoms with Gasteiger partial charge in [-0.15, -0.1) is 11.3 Å². The summed E-state index contributed by atoms with van der Waals surface area (Å²) in [5.74, 6) is 1.05. The van der Waals surface area contributed by atoms with Crippen molar-refractivity contribution in [2.45, 2.75) is 19.4 Å². The molecule has 0 saturated carbocycles. The first kappa shape index (κ1) is 19.9. The number of nitrogens with zero attached hydrogens (tertiary/aromatic N) is 2. The zero-order valence-corrected chi connectivity index (χ0v) is 16.8. The first-order valence-electron chi connectivity index (χ1n) is 9.67. The number of para-hydroxylation sites is 1. The topological polar surface area (TPSA) is 44.8 Å². The van der Waals surface area contributed by atoms with Gasteiger partial charge < -0.3 is 10.1 Å². The van der Waals surface area contributed by atoms with Crippen molar-refractivity contribution in [2.24, 2.45) is 0 Å². The van der Waals surface area contributed by atoms with Crippen LogP contribution in [0.1, 0.15) is 11.8 Å². The Bertz CT molecular complexity index is 670. The van der Waals surface area contributed by atoms with E-state index in [1.807, 2.05) is 37.3 Å². The van der Waals surface area contributed by atoms with Crippen molar-refractivity contribution in [1.29, 1.82) is 0 Å². The largest absolute Gasteiger partial charge is 0.492 e. The molecule has 2 aromatic rings. The van der Waals surface area contributed by atoms with Gasteiger partial charge >= 0.3 is 0 Å². The van der Waals surface area contributed by atoms with Crippen LogP contribution >= 0.6 is 11.3 Å². The number of amides is 1. The molecule has 6 heteroatoms. The molecule has 1 aliphatic heterocycles. The lowest BCUT2D eigenvalue weighted by Gasteiger charge is -2.37. The van der Waals surface area contributed by atoms with Crippen molar-refractivity contribution in [3.8, 4) is 5.75 Å². The molecule has 1 aliphatic rings. The monoisotopic (exact) mass is 387 g/mol. The molecular weight excluding hydrogens is 358 g/mol. The lowest BCUT2D eigenvalue weighted by atomic mass is 10.2. The zero-order chi connectivity index (χ0) is 18.9. The third-order valence-corrected chi connectivity index (χ3v) is 5.94. The zero-order valence-electron chi connectivity index (χ0n) is 16.0. The summed E-state index contributed by atoms with van der Waals surface area (Å²) < 4.78 is 5.78. The van der Waals surface area contributed by atoms with Crippen molar-refractivity contribution < 1.29 is 9.53 Å². The van der Waals surface area contributed by atoms with Crippen LogP contribution in [0.3, 0.4) is 0 Å². The normalized spacial score (nSPS) is 16.8. The standard InChI is InChI=1S/C21H29N3O2S/c1-18(21(25)22-10-9-20-8-5-17-27-20)24-13-11-23(12-14-24)15-16-26-19-6-3-2-4-7-19/h2-8,17-18H,9-16H2,1H3,(H,22,25). The van der Waals surface area contributed by atoms with Crippen molar-refractivity contribution in [1.82, 2.24) is 15.1 Å². The Hall–Kier alpha value is -1.89. The Morgan fingerprint density at radius 2 is 1.93 bits per heavy atom. The first-order valence-corrected chi connectivity index (χ1v) is 10.5. The predicted molar refractivity (Wildman–Crippen MR) is 110 cm³/mol. The lowest BCUT2D eigenvalue weighted by molar-refractivity contribution is -0.126. The highest BCUT2D eigenvalue weighted by atomic mass is 32.1. The average Bonchev–Trinajstić information content (AvgIpc) is 3.22. The highest BCUT2D eigenvalue weighted by Gasteiger charge is 2.25. The van der Waals surface area contributed by atoms with Crippen molar-refractivity contribution in [3.05, 3.63) is 52.7 Å². The summed E-state index contributed by atoms with van der Waals surface area (Å²) >= 11 is 1.74. The van der Waals surface area contributed by atoms with Crippen LogP contribution in [0, 0.1) is 0 Å². The predicted octanol–water partition coefficient (Wildman–Crippen LogP) is 2.49. The molecule has 2 heterocycles. The molecule has 27 heavy (non-hydrogen) atoms. The van der Waals surface area contributed by atoms with Crippen LogP contribution < -0.4 is 10.1 Å². The number of carbonyl (C=O) groups excluding carboxylic acids is 1. The summed E-state index contributed by atoms with van der Waals surface area (Å²) in [4.78, 5) is 18.4. The van der Waals surface area contributed by atoms with Crippen molar-refractivity contribution >= 4 is 17.2 Å². The number of ether oxygens (including phenoxy) is 1. The second-order valence-corrected chi connectivity index (χ2v) is 7.87. The Labute approximate surface area is 165 Å². The maximum atomic E-state index is 12.4. The van der Waals surface area contributed by atoms with Gasteiger partial charge in [0.15, 0.2) is 0 Å². The van der Waals surface area contributed by atoms with E-state index in [1.54, 1.807) is 11.3 Å². The second kappa shape index (κ2) is 10.4. The first-order chi connectivity index (χ1) is 13.2. The number of hydrogen-bond donors (Lipinski definition) is 1. The van der Waals surface area contributed by atoms with Crippen LogP contribution in [-0.4, -0.2) is 67.6 Å². The number of piperazine rings is 1. The van der Waals surface area contributed by atoms with Gasteiger partial charge in [-0.2, -0.15) is 0 Å². The van der Waals surface area contributed by atoms with Crippen LogP contribution in [0.25, 0.3) is 0 Å². The van der Waals surface area contributed by atoms with E-state index < -0.39 is 0 Å². The van der Waals surface area contributed by atoms with E-state index in [1.165, 1.54) is 4.88 Å². The minimum absolute atomic E-state index is 0.0731. The van der Waals surface area contributed by atoms with Gasteiger partial charge in [0.1, 0.15) is 12.4 Å². The number of hydrogen-bond acceptors (Lipinski definition) is 5. The number of rotatable bonds is 9. The summed E-state index contributed by atoms with van der Waals surface area (Å²) in [6.07, 6.45) is 0.908. The van der Waals surface area contributed by atoms with E-state index in [4.69, 9.17) is 4.74 Å². The van der Waals surface area contributed by atoms with Gasteiger partial charge in [-0.05, 0) is 36.9 Å². The molecule has 1 saturated heterocycles. The minimum Gasteiger partial charge on any atom is -0.492 e. The minimum atomic E-state index is -0.0731. The molecule has 1 unspecified atom stereocenters. The fourth-order valence-corrected chi connectivity index (χ4v) is 3.97. The number of benzene rings is 1. The molecule has 1 amide bonds. The quantitative estimate of drug-likeness (QED) is 0.718. The molecule has 1 N–H and O–H groups in total. The molecular formula is C21H29N3O2S. The Kier molecular flexibility index (Phi) is 7.68. The fraction of sp³-hybridized carbons (Fsp3) is 0.476. The third kappa shape index (κ3) is 6.34. The molecule has 3 rings (SSSR count).